The van der Waals surface area contributed by atoms with Crippen LogP contribution in [-0.2, 0) is 0 Å². The largest absolute Gasteiger partial charge is 0.352 e. The Morgan fingerprint density at radius 3 is 2.31 bits per heavy atom. The van der Waals surface area contributed by atoms with Gasteiger partial charge in [0.1, 0.15) is 5.82 Å². The number of nitrogens with one attached hydrogen (secondary N) is 1. The van der Waals surface area contributed by atoms with E-state index in [-0.39, 0.29) is 22.4 Å². The number of nitrogens with zero attached hydrogens (tertiary/aromatic N) is 2. The molecule has 0 aliphatic carbocycles. The molecule has 2 fully saturated rings. The molecule has 2 aromatic rings. The Kier molecular flexibility index (Phi) is 7.03. The molecule has 4 rings (SSSR count). The quantitative estimate of drug-likeness (QED) is 0.693. The Labute approximate surface area is 197 Å². The van der Waals surface area contributed by atoms with Crippen molar-refractivity contribution in [3.8, 4) is 0 Å². The number of halogens is 3. The second-order valence-electron chi connectivity index (χ2n) is 8.73. The molecule has 5 nitrogen and oxygen atoms in total. The second-order valence-corrected chi connectivity index (χ2v) is 9.60. The van der Waals surface area contributed by atoms with Gasteiger partial charge in [0.25, 0.3) is 11.8 Å². The van der Waals surface area contributed by atoms with E-state index in [4.69, 9.17) is 23.2 Å². The third kappa shape index (κ3) is 5.42. The molecule has 1 N–H and O–H groups in total. The zero-order valence-corrected chi connectivity index (χ0v) is 19.4. The summed E-state index contributed by atoms with van der Waals surface area (Å²) in [4.78, 5) is 29.3. The van der Waals surface area contributed by atoms with Gasteiger partial charge >= 0.3 is 0 Å². The number of hydrogen-bond donors (Lipinski definition) is 1. The molecule has 8 heteroatoms. The monoisotopic (exact) mass is 477 g/mol. The molecular weight excluding hydrogens is 452 g/mol. The fourth-order valence-corrected chi connectivity index (χ4v) is 4.95. The highest BCUT2D eigenvalue weighted by molar-refractivity contribution is 6.31. The minimum atomic E-state index is -0.519. The zero-order chi connectivity index (χ0) is 22.8. The van der Waals surface area contributed by atoms with Crippen LogP contribution in [0.15, 0.2) is 36.4 Å². The smallest absolute Gasteiger partial charge is 0.254 e. The van der Waals surface area contributed by atoms with Crippen molar-refractivity contribution in [3.63, 3.8) is 0 Å². The minimum absolute atomic E-state index is 0.0295. The Balaban J connectivity index is 1.20. The topological polar surface area (TPSA) is 52.7 Å². The number of likely N-dealkylation sites (tertiary alicyclic amines) is 2. The summed E-state index contributed by atoms with van der Waals surface area (Å²) in [6.07, 6.45) is 1.95. The average Bonchev–Trinajstić information content (AvgIpc) is 2.70. The lowest BCUT2D eigenvalue weighted by atomic mass is 9.93. The molecule has 2 amide bonds. The van der Waals surface area contributed by atoms with Crippen LogP contribution < -0.4 is 5.32 Å². The van der Waals surface area contributed by atoms with Crippen LogP contribution in [0.3, 0.4) is 0 Å². The number of hydrogen-bond acceptors (Lipinski definition) is 3. The van der Waals surface area contributed by atoms with E-state index < -0.39 is 5.82 Å². The van der Waals surface area contributed by atoms with Crippen LogP contribution in [0.25, 0.3) is 0 Å². The fraction of sp³-hybridized carbons (Fsp3) is 0.417. The summed E-state index contributed by atoms with van der Waals surface area (Å²) in [6, 6.07) is 9.66. The van der Waals surface area contributed by atoms with Crippen LogP contribution in [0, 0.1) is 18.7 Å². The summed E-state index contributed by atoms with van der Waals surface area (Å²) >= 11 is 11.9. The highest BCUT2D eigenvalue weighted by Crippen LogP contribution is 2.25. The summed E-state index contributed by atoms with van der Waals surface area (Å²) in [7, 11) is 0. The minimum Gasteiger partial charge on any atom is -0.352 e. The molecular formula is C24H26Cl2FN3O2. The third-order valence-corrected chi connectivity index (χ3v) is 6.72. The van der Waals surface area contributed by atoms with Crippen molar-refractivity contribution in [2.75, 3.05) is 32.7 Å². The van der Waals surface area contributed by atoms with E-state index in [1.807, 2.05) is 24.0 Å². The number of aryl methyl sites for hydroxylation is 1. The summed E-state index contributed by atoms with van der Waals surface area (Å²) < 4.78 is 13.4. The zero-order valence-electron chi connectivity index (χ0n) is 17.9. The normalized spacial score (nSPS) is 17.8. The molecule has 32 heavy (non-hydrogen) atoms. The lowest BCUT2D eigenvalue weighted by molar-refractivity contribution is 0.0146. The first kappa shape index (κ1) is 23.0. The summed E-state index contributed by atoms with van der Waals surface area (Å²) in [5.74, 6) is -0.416. The van der Waals surface area contributed by atoms with Gasteiger partial charge in [0.05, 0.1) is 0 Å². The maximum absolute atomic E-state index is 13.4. The van der Waals surface area contributed by atoms with E-state index in [1.54, 1.807) is 6.07 Å². The van der Waals surface area contributed by atoms with Gasteiger partial charge in [0.2, 0.25) is 0 Å². The van der Waals surface area contributed by atoms with Crippen LogP contribution >= 0.6 is 23.2 Å². The first-order valence-electron chi connectivity index (χ1n) is 10.8. The first-order valence-corrected chi connectivity index (χ1v) is 11.6. The summed E-state index contributed by atoms with van der Waals surface area (Å²) in [6.45, 7) is 5.83. The van der Waals surface area contributed by atoms with Gasteiger partial charge in [-0.3, -0.25) is 14.5 Å². The summed E-state index contributed by atoms with van der Waals surface area (Å²) in [5, 5.41) is 3.69. The van der Waals surface area contributed by atoms with Gasteiger partial charge in [0, 0.05) is 46.8 Å². The van der Waals surface area contributed by atoms with Gasteiger partial charge in [-0.25, -0.2) is 4.39 Å². The molecule has 0 radical (unpaired) electrons. The van der Waals surface area contributed by atoms with Gasteiger partial charge in [0.15, 0.2) is 0 Å². The van der Waals surface area contributed by atoms with E-state index >= 15 is 0 Å². The Morgan fingerprint density at radius 1 is 1.00 bits per heavy atom. The van der Waals surface area contributed by atoms with Crippen LogP contribution in [0.5, 0.6) is 0 Å². The lowest BCUT2D eigenvalue weighted by Crippen LogP contribution is -2.62. The van der Waals surface area contributed by atoms with Crippen LogP contribution in [-0.4, -0.2) is 60.4 Å². The third-order valence-electron chi connectivity index (χ3n) is 6.28. The van der Waals surface area contributed by atoms with Gasteiger partial charge in [-0.1, -0.05) is 23.2 Å². The first-order chi connectivity index (χ1) is 15.3. The fourth-order valence-electron chi connectivity index (χ4n) is 4.44. The van der Waals surface area contributed by atoms with E-state index in [0.717, 1.165) is 44.6 Å². The van der Waals surface area contributed by atoms with Gasteiger partial charge in [-0.15, -0.1) is 0 Å². The van der Waals surface area contributed by atoms with Crippen molar-refractivity contribution in [3.05, 3.63) is 69.0 Å². The molecule has 2 aliphatic rings. The van der Waals surface area contributed by atoms with Crippen LogP contribution in [0.4, 0.5) is 4.39 Å². The van der Waals surface area contributed by atoms with Crippen LogP contribution in [0.1, 0.15) is 39.1 Å². The van der Waals surface area contributed by atoms with E-state index in [1.165, 1.54) is 18.2 Å². The van der Waals surface area contributed by atoms with Crippen molar-refractivity contribution < 1.29 is 14.0 Å². The Morgan fingerprint density at radius 2 is 1.66 bits per heavy atom. The molecule has 2 saturated heterocycles. The van der Waals surface area contributed by atoms with Crippen molar-refractivity contribution >= 4 is 35.0 Å². The molecule has 0 atom stereocenters. The Hall–Kier alpha value is -2.15. The average molecular weight is 478 g/mol. The number of benzene rings is 2. The molecule has 2 aromatic carbocycles. The van der Waals surface area contributed by atoms with E-state index in [9.17, 15) is 14.0 Å². The molecule has 0 unspecified atom stereocenters. The number of piperidine rings is 1. The standard InChI is InChI=1S/C24H26Cl2FN3O2/c1-15-6-18(9-19(25)7-15)24(32)30-13-22(14-30)29-4-2-16(3-5-29)12-28-23(31)17-8-20(26)11-21(27)10-17/h6-11,16,22H,2-5,12-14H2,1H3,(H,28,31). The molecule has 2 aliphatic heterocycles. The lowest BCUT2D eigenvalue weighted by Gasteiger charge is -2.47. The number of amides is 2. The molecule has 0 spiro atoms. The molecule has 2 heterocycles. The molecule has 170 valence electrons. The SMILES string of the molecule is Cc1cc(Cl)cc(C(=O)N2CC(N3CCC(CNC(=O)c4cc(F)cc(Cl)c4)CC3)C2)c1. The van der Waals surface area contributed by atoms with Gasteiger partial charge < -0.3 is 10.2 Å². The Bertz CT molecular complexity index is 978. The number of rotatable bonds is 5. The molecule has 0 aromatic heterocycles. The molecule has 0 bridgehead atoms. The van der Waals surface area contributed by atoms with Gasteiger partial charge in [-0.05, 0) is 80.7 Å². The van der Waals surface area contributed by atoms with E-state index in [0.29, 0.717) is 29.1 Å². The number of carbonyl (C=O) groups excluding carboxylic acids is 2. The summed E-state index contributed by atoms with van der Waals surface area (Å²) in [5.41, 5.74) is 1.86. The van der Waals surface area contributed by atoms with Crippen molar-refractivity contribution in [1.29, 1.82) is 0 Å². The molecule has 0 saturated carbocycles. The maximum Gasteiger partial charge on any atom is 0.254 e. The van der Waals surface area contributed by atoms with Crippen molar-refractivity contribution in [1.82, 2.24) is 15.1 Å². The predicted molar refractivity (Wildman–Crippen MR) is 124 cm³/mol. The highest BCUT2D eigenvalue weighted by Gasteiger charge is 2.36. The second kappa shape index (κ2) is 9.77. The highest BCUT2D eigenvalue weighted by atomic mass is 35.5. The van der Waals surface area contributed by atoms with Gasteiger partial charge in [-0.2, -0.15) is 0 Å². The number of carbonyl (C=O) groups is 2. The van der Waals surface area contributed by atoms with E-state index in [2.05, 4.69) is 10.2 Å². The van der Waals surface area contributed by atoms with Crippen molar-refractivity contribution in [2.45, 2.75) is 25.8 Å². The van der Waals surface area contributed by atoms with Crippen LogP contribution in [0.2, 0.25) is 10.0 Å². The predicted octanol–water partition coefficient (Wildman–Crippen LogP) is 4.41. The van der Waals surface area contributed by atoms with Crippen molar-refractivity contribution in [2.24, 2.45) is 5.92 Å². The maximum atomic E-state index is 13.4.